The Kier molecular flexibility index (Phi) is 3.97. The van der Waals surface area contributed by atoms with Crippen LogP contribution in [0.4, 0.5) is 0 Å². The van der Waals surface area contributed by atoms with E-state index in [0.29, 0.717) is 12.0 Å². The molecule has 2 heterocycles. The Morgan fingerprint density at radius 3 is 2.67 bits per heavy atom. The highest BCUT2D eigenvalue weighted by Gasteiger charge is 2.26. The van der Waals surface area contributed by atoms with E-state index in [9.17, 15) is 0 Å². The first-order valence-electron chi connectivity index (χ1n) is 6.13. The highest BCUT2D eigenvalue weighted by atomic mass is 15.2. The molecule has 2 fully saturated rings. The molecule has 3 N–H and O–H groups in total. The number of hydrogen-bond acceptors (Lipinski definition) is 4. The van der Waals surface area contributed by atoms with Gasteiger partial charge in [-0.3, -0.25) is 4.90 Å². The zero-order valence-electron chi connectivity index (χ0n) is 9.78. The summed E-state index contributed by atoms with van der Waals surface area (Å²) >= 11 is 0. The minimum atomic E-state index is 0.369. The van der Waals surface area contributed by atoms with Crippen LogP contribution in [0.1, 0.15) is 6.42 Å². The molecule has 0 amide bonds. The van der Waals surface area contributed by atoms with E-state index >= 15 is 0 Å². The van der Waals surface area contributed by atoms with Gasteiger partial charge in [-0.25, -0.2) is 0 Å². The molecule has 0 bridgehead atoms. The lowest BCUT2D eigenvalue weighted by atomic mass is 9.99. The topological polar surface area (TPSA) is 44.5 Å². The molecule has 2 rings (SSSR count). The molecule has 0 saturated carbocycles. The summed E-state index contributed by atoms with van der Waals surface area (Å²) in [5, 5.41) is 3.37. The summed E-state index contributed by atoms with van der Waals surface area (Å²) in [5.41, 5.74) is 6.28. The first-order chi connectivity index (χ1) is 7.25. The molecule has 15 heavy (non-hydrogen) atoms. The number of nitrogens with two attached hydrogens (primary N) is 1. The van der Waals surface area contributed by atoms with E-state index < -0.39 is 0 Å². The van der Waals surface area contributed by atoms with Crippen LogP contribution in [0.2, 0.25) is 0 Å². The van der Waals surface area contributed by atoms with Gasteiger partial charge in [-0.05, 0) is 25.9 Å². The average molecular weight is 212 g/mol. The molecule has 0 aromatic heterocycles. The van der Waals surface area contributed by atoms with E-state index in [1.165, 1.54) is 19.5 Å². The van der Waals surface area contributed by atoms with Gasteiger partial charge in [-0.2, -0.15) is 0 Å². The van der Waals surface area contributed by atoms with E-state index in [1.807, 2.05) is 0 Å². The number of piperazine rings is 1. The van der Waals surface area contributed by atoms with E-state index in [1.54, 1.807) is 0 Å². The van der Waals surface area contributed by atoms with Gasteiger partial charge in [-0.1, -0.05) is 0 Å². The van der Waals surface area contributed by atoms with Gasteiger partial charge in [0.1, 0.15) is 0 Å². The van der Waals surface area contributed by atoms with Crippen LogP contribution < -0.4 is 11.1 Å². The molecule has 2 unspecified atom stereocenters. The number of hydrogen-bond donors (Lipinski definition) is 2. The van der Waals surface area contributed by atoms with Crippen molar-refractivity contribution < 1.29 is 0 Å². The van der Waals surface area contributed by atoms with Crippen LogP contribution in [0.5, 0.6) is 0 Å². The van der Waals surface area contributed by atoms with Crippen molar-refractivity contribution in [1.82, 2.24) is 15.1 Å². The van der Waals surface area contributed by atoms with E-state index in [-0.39, 0.29) is 0 Å². The molecule has 2 saturated heterocycles. The van der Waals surface area contributed by atoms with Crippen molar-refractivity contribution in [2.45, 2.75) is 12.5 Å². The SMILES string of the molecule is CN1CCC(C(N)CN2CCNCC2)C1. The molecular weight excluding hydrogens is 188 g/mol. The van der Waals surface area contributed by atoms with Crippen LogP contribution in [0.3, 0.4) is 0 Å². The molecule has 0 aliphatic carbocycles. The van der Waals surface area contributed by atoms with E-state index in [2.05, 4.69) is 22.2 Å². The summed E-state index contributed by atoms with van der Waals surface area (Å²) in [6, 6.07) is 0.369. The molecule has 2 atom stereocenters. The van der Waals surface area contributed by atoms with Crippen molar-refractivity contribution in [3.63, 3.8) is 0 Å². The summed E-state index contributed by atoms with van der Waals surface area (Å²) in [5.74, 6) is 0.713. The normalized spacial score (nSPS) is 32.0. The molecule has 2 aliphatic heterocycles. The molecule has 88 valence electrons. The zero-order chi connectivity index (χ0) is 10.7. The van der Waals surface area contributed by atoms with Crippen LogP contribution in [0.25, 0.3) is 0 Å². The molecule has 0 aromatic carbocycles. The summed E-state index contributed by atoms with van der Waals surface area (Å²) < 4.78 is 0. The summed E-state index contributed by atoms with van der Waals surface area (Å²) in [6.45, 7) is 8.06. The lowest BCUT2D eigenvalue weighted by Gasteiger charge is -2.31. The van der Waals surface area contributed by atoms with E-state index in [0.717, 1.165) is 32.7 Å². The number of nitrogens with zero attached hydrogens (tertiary/aromatic N) is 2. The standard InChI is InChI=1S/C11H24N4/c1-14-5-2-10(8-14)11(12)9-15-6-3-13-4-7-15/h10-11,13H,2-9,12H2,1H3. The summed E-state index contributed by atoms with van der Waals surface area (Å²) in [4.78, 5) is 4.89. The predicted octanol–water partition coefficient (Wildman–Crippen LogP) is -0.829. The first kappa shape index (κ1) is 11.3. The second-order valence-electron chi connectivity index (χ2n) is 5.03. The van der Waals surface area contributed by atoms with Crippen molar-refractivity contribution in [1.29, 1.82) is 0 Å². The van der Waals surface area contributed by atoms with Gasteiger partial charge in [0.05, 0.1) is 0 Å². The largest absolute Gasteiger partial charge is 0.326 e. The fourth-order valence-electron chi connectivity index (χ4n) is 2.66. The van der Waals surface area contributed by atoms with Crippen LogP contribution in [0, 0.1) is 5.92 Å². The van der Waals surface area contributed by atoms with Crippen LogP contribution in [-0.2, 0) is 0 Å². The molecule has 2 aliphatic rings. The maximum Gasteiger partial charge on any atom is 0.0209 e. The number of nitrogens with one attached hydrogen (secondary N) is 1. The smallest absolute Gasteiger partial charge is 0.0209 e. The zero-order valence-corrected chi connectivity index (χ0v) is 9.78. The van der Waals surface area contributed by atoms with Crippen molar-refractivity contribution in [2.75, 3.05) is 52.9 Å². The molecule has 0 spiro atoms. The van der Waals surface area contributed by atoms with Crippen molar-refractivity contribution >= 4 is 0 Å². The third-order valence-corrected chi connectivity index (χ3v) is 3.71. The van der Waals surface area contributed by atoms with Crippen LogP contribution in [0.15, 0.2) is 0 Å². The van der Waals surface area contributed by atoms with Gasteiger partial charge in [0.25, 0.3) is 0 Å². The van der Waals surface area contributed by atoms with Crippen LogP contribution >= 0.6 is 0 Å². The van der Waals surface area contributed by atoms with Gasteiger partial charge in [0.2, 0.25) is 0 Å². The second kappa shape index (κ2) is 5.25. The maximum absolute atomic E-state index is 6.28. The highest BCUT2D eigenvalue weighted by Crippen LogP contribution is 2.17. The molecule has 0 aromatic rings. The van der Waals surface area contributed by atoms with Gasteiger partial charge < -0.3 is 16.0 Å². The summed E-state index contributed by atoms with van der Waals surface area (Å²) in [7, 11) is 2.19. The second-order valence-corrected chi connectivity index (χ2v) is 5.03. The third-order valence-electron chi connectivity index (χ3n) is 3.71. The molecular formula is C11H24N4. The molecule has 4 heteroatoms. The minimum absolute atomic E-state index is 0.369. The van der Waals surface area contributed by atoms with Crippen molar-refractivity contribution in [3.8, 4) is 0 Å². The molecule has 4 nitrogen and oxygen atoms in total. The molecule has 0 radical (unpaired) electrons. The van der Waals surface area contributed by atoms with E-state index in [4.69, 9.17) is 5.73 Å². The van der Waals surface area contributed by atoms with Gasteiger partial charge in [0.15, 0.2) is 0 Å². The lowest BCUT2D eigenvalue weighted by molar-refractivity contribution is 0.206. The average Bonchev–Trinajstić information content (AvgIpc) is 2.66. The van der Waals surface area contributed by atoms with Crippen molar-refractivity contribution in [2.24, 2.45) is 11.7 Å². The third kappa shape index (κ3) is 3.14. The van der Waals surface area contributed by atoms with Gasteiger partial charge >= 0.3 is 0 Å². The van der Waals surface area contributed by atoms with Gasteiger partial charge in [-0.15, -0.1) is 0 Å². The minimum Gasteiger partial charge on any atom is -0.326 e. The van der Waals surface area contributed by atoms with Gasteiger partial charge in [0, 0.05) is 45.3 Å². The summed E-state index contributed by atoms with van der Waals surface area (Å²) in [6.07, 6.45) is 1.28. The quantitative estimate of drug-likeness (QED) is 0.641. The Morgan fingerprint density at radius 1 is 1.33 bits per heavy atom. The Labute approximate surface area is 92.8 Å². The Balaban J connectivity index is 1.73. The van der Waals surface area contributed by atoms with Crippen molar-refractivity contribution in [3.05, 3.63) is 0 Å². The Hall–Kier alpha value is -0.160. The monoisotopic (exact) mass is 212 g/mol. The predicted molar refractivity (Wildman–Crippen MR) is 62.9 cm³/mol. The lowest BCUT2D eigenvalue weighted by Crippen LogP contribution is -2.50. The first-order valence-corrected chi connectivity index (χ1v) is 6.13. The number of likely N-dealkylation sites (tertiary alicyclic amines) is 1. The fraction of sp³-hybridized carbons (Fsp3) is 1.00. The van der Waals surface area contributed by atoms with Crippen LogP contribution in [-0.4, -0.2) is 68.7 Å². The fourth-order valence-corrected chi connectivity index (χ4v) is 2.66. The number of rotatable bonds is 3. The maximum atomic E-state index is 6.28. The Morgan fingerprint density at radius 2 is 2.07 bits per heavy atom. The Bertz CT molecular complexity index is 191. The highest BCUT2D eigenvalue weighted by molar-refractivity contribution is 4.84.